The average Bonchev–Trinajstić information content (AvgIpc) is 3.09. The van der Waals surface area contributed by atoms with Crippen LogP contribution in [0.1, 0.15) is 39.2 Å². The Morgan fingerprint density at radius 2 is 2.04 bits per heavy atom. The van der Waals surface area contributed by atoms with Gasteiger partial charge in [-0.3, -0.25) is 4.79 Å². The minimum atomic E-state index is -0.554. The molecule has 1 aromatic carbocycles. The number of allylic oxidation sites excluding steroid dienone is 3. The van der Waals surface area contributed by atoms with E-state index in [0.717, 1.165) is 18.4 Å². The first-order valence-corrected chi connectivity index (χ1v) is 9.76. The van der Waals surface area contributed by atoms with Crippen molar-refractivity contribution in [2.75, 3.05) is 21.0 Å². The van der Waals surface area contributed by atoms with Crippen molar-refractivity contribution < 1.29 is 23.7 Å². The number of hydrogen-bond donors (Lipinski definition) is 0. The third kappa shape index (κ3) is 3.95. The van der Waals surface area contributed by atoms with Crippen molar-refractivity contribution in [2.24, 2.45) is 11.8 Å². The summed E-state index contributed by atoms with van der Waals surface area (Å²) in [4.78, 5) is 12.6. The molecule has 1 aromatic rings. The predicted octanol–water partition coefficient (Wildman–Crippen LogP) is 4.45. The highest BCUT2D eigenvalue weighted by atomic mass is 16.7. The van der Waals surface area contributed by atoms with E-state index in [0.29, 0.717) is 23.7 Å². The third-order valence-electron chi connectivity index (χ3n) is 5.77. The molecule has 1 saturated heterocycles. The Kier molecular flexibility index (Phi) is 6.14. The molecule has 2 aliphatic rings. The zero-order valence-electron chi connectivity index (χ0n) is 17.4. The summed E-state index contributed by atoms with van der Waals surface area (Å²) in [5.41, 5.74) is 1.80. The fraction of sp³-hybridized carbons (Fsp3) is 0.522. The summed E-state index contributed by atoms with van der Waals surface area (Å²) in [6.45, 7) is 6.47. The van der Waals surface area contributed by atoms with E-state index in [1.54, 1.807) is 20.3 Å². The maximum absolute atomic E-state index is 12.6. The van der Waals surface area contributed by atoms with Gasteiger partial charge in [0.15, 0.2) is 24.1 Å². The molecule has 1 fully saturated rings. The van der Waals surface area contributed by atoms with Gasteiger partial charge in [0.1, 0.15) is 11.4 Å². The summed E-state index contributed by atoms with van der Waals surface area (Å²) < 4.78 is 22.6. The number of rotatable bonds is 7. The smallest absolute Gasteiger partial charge is 0.189 e. The van der Waals surface area contributed by atoms with Gasteiger partial charge in [0, 0.05) is 12.0 Å². The Bertz CT molecular complexity index is 790. The van der Waals surface area contributed by atoms with E-state index in [9.17, 15) is 4.79 Å². The molecule has 28 heavy (non-hydrogen) atoms. The van der Waals surface area contributed by atoms with Crippen molar-refractivity contribution in [1.29, 1.82) is 0 Å². The van der Waals surface area contributed by atoms with Crippen molar-refractivity contribution in [2.45, 2.75) is 45.6 Å². The number of ether oxygens (including phenoxy) is 4. The van der Waals surface area contributed by atoms with Gasteiger partial charge < -0.3 is 18.9 Å². The molecule has 1 aliphatic heterocycles. The average molecular weight is 386 g/mol. The van der Waals surface area contributed by atoms with E-state index < -0.39 is 5.60 Å². The van der Waals surface area contributed by atoms with Crippen LogP contribution in [0.4, 0.5) is 0 Å². The van der Waals surface area contributed by atoms with E-state index in [-0.39, 0.29) is 24.4 Å². The Labute approximate surface area is 167 Å². The fourth-order valence-electron chi connectivity index (χ4n) is 4.12. The van der Waals surface area contributed by atoms with Crippen LogP contribution in [-0.4, -0.2) is 32.4 Å². The number of methoxy groups -OCH3 is 2. The number of fused-ring (bicyclic) bond motifs is 1. The van der Waals surface area contributed by atoms with Crippen molar-refractivity contribution in [1.82, 2.24) is 0 Å². The third-order valence-corrected chi connectivity index (χ3v) is 5.77. The second-order valence-corrected chi connectivity index (χ2v) is 7.92. The Morgan fingerprint density at radius 1 is 1.29 bits per heavy atom. The van der Waals surface area contributed by atoms with Crippen LogP contribution in [0.5, 0.6) is 11.5 Å². The van der Waals surface area contributed by atoms with Crippen LogP contribution in [0, 0.1) is 11.8 Å². The van der Waals surface area contributed by atoms with Crippen LogP contribution in [0.25, 0.3) is 0 Å². The van der Waals surface area contributed by atoms with Crippen molar-refractivity contribution in [3.05, 3.63) is 47.2 Å². The van der Waals surface area contributed by atoms with Crippen molar-refractivity contribution in [3.8, 4) is 11.5 Å². The largest absolute Gasteiger partial charge is 0.493 e. The molecule has 5 heteroatoms. The van der Waals surface area contributed by atoms with Gasteiger partial charge in [-0.1, -0.05) is 24.6 Å². The van der Waals surface area contributed by atoms with Crippen LogP contribution in [0.15, 0.2) is 41.7 Å². The summed E-state index contributed by atoms with van der Waals surface area (Å²) in [5, 5.41) is 0. The molecule has 0 amide bonds. The molecule has 0 aromatic heterocycles. The second kappa shape index (κ2) is 8.39. The molecule has 0 bridgehead atoms. The van der Waals surface area contributed by atoms with Gasteiger partial charge in [0.2, 0.25) is 0 Å². The van der Waals surface area contributed by atoms with Gasteiger partial charge in [-0.05, 0) is 56.7 Å². The summed E-state index contributed by atoms with van der Waals surface area (Å²) in [6, 6.07) is 5.96. The number of carbonyl (C=O) groups is 1. The van der Waals surface area contributed by atoms with E-state index >= 15 is 0 Å². The summed E-state index contributed by atoms with van der Waals surface area (Å²) in [6.07, 6.45) is 5.95. The summed E-state index contributed by atoms with van der Waals surface area (Å²) >= 11 is 0. The molecule has 0 spiro atoms. The van der Waals surface area contributed by atoms with Gasteiger partial charge in [-0.25, -0.2) is 0 Å². The van der Waals surface area contributed by atoms with Crippen molar-refractivity contribution >= 4 is 5.78 Å². The van der Waals surface area contributed by atoms with Gasteiger partial charge in [-0.15, -0.1) is 0 Å². The number of carbonyl (C=O) groups excluding carboxylic acids is 1. The number of benzene rings is 1. The quantitative estimate of drug-likeness (QED) is 0.648. The fourth-order valence-corrected chi connectivity index (χ4v) is 4.12. The van der Waals surface area contributed by atoms with E-state index in [1.807, 2.05) is 18.2 Å². The molecular formula is C23H30O5. The molecule has 3 atom stereocenters. The van der Waals surface area contributed by atoms with Crippen LogP contribution < -0.4 is 9.47 Å². The highest BCUT2D eigenvalue weighted by Crippen LogP contribution is 2.46. The standard InChI is InChI=1S/C23H30O5/c1-15(2)6-8-18-13-23(22(12-19(18)24)27-14-28-23)16(3)10-17-7-9-20(25-4)21(11-17)26-5/h6-7,9,11-12,16,18H,8,10,13-14H2,1-5H3/t16-,18-,23+/m0/s1. The minimum absolute atomic E-state index is 0.0757. The Morgan fingerprint density at radius 3 is 2.71 bits per heavy atom. The molecule has 5 nitrogen and oxygen atoms in total. The summed E-state index contributed by atoms with van der Waals surface area (Å²) in [7, 11) is 3.27. The molecule has 0 N–H and O–H groups in total. The van der Waals surface area contributed by atoms with Gasteiger partial charge >= 0.3 is 0 Å². The van der Waals surface area contributed by atoms with Gasteiger partial charge in [-0.2, -0.15) is 0 Å². The van der Waals surface area contributed by atoms with Crippen LogP contribution >= 0.6 is 0 Å². The first-order valence-electron chi connectivity index (χ1n) is 9.76. The SMILES string of the molecule is COc1ccc(C[C@H](C)[C@]23C[C@H](CC=C(C)C)C(=O)C=C2OCO3)cc1OC. The lowest BCUT2D eigenvalue weighted by molar-refractivity contribution is -0.123. The lowest BCUT2D eigenvalue weighted by Gasteiger charge is -2.38. The molecular weight excluding hydrogens is 356 g/mol. The van der Waals surface area contributed by atoms with Gasteiger partial charge in [0.05, 0.1) is 14.2 Å². The molecule has 0 saturated carbocycles. The van der Waals surface area contributed by atoms with Crippen LogP contribution in [-0.2, 0) is 20.7 Å². The molecule has 152 valence electrons. The first kappa shape index (κ1) is 20.5. The molecule has 1 heterocycles. The molecule has 0 radical (unpaired) electrons. The Balaban J connectivity index is 1.84. The van der Waals surface area contributed by atoms with E-state index in [2.05, 4.69) is 26.8 Å². The van der Waals surface area contributed by atoms with Crippen LogP contribution in [0.2, 0.25) is 0 Å². The second-order valence-electron chi connectivity index (χ2n) is 7.92. The maximum Gasteiger partial charge on any atom is 0.189 e. The zero-order valence-corrected chi connectivity index (χ0v) is 17.4. The first-order chi connectivity index (χ1) is 13.4. The molecule has 3 rings (SSSR count). The molecule has 0 unspecified atom stereocenters. The maximum atomic E-state index is 12.6. The zero-order chi connectivity index (χ0) is 20.3. The normalized spacial score (nSPS) is 24.7. The highest BCUT2D eigenvalue weighted by Gasteiger charge is 2.51. The molecule has 1 aliphatic carbocycles. The van der Waals surface area contributed by atoms with Gasteiger partial charge in [0.25, 0.3) is 0 Å². The van der Waals surface area contributed by atoms with E-state index in [4.69, 9.17) is 18.9 Å². The highest BCUT2D eigenvalue weighted by molar-refractivity contribution is 5.93. The monoisotopic (exact) mass is 386 g/mol. The Hall–Kier alpha value is -2.27. The lowest BCUT2D eigenvalue weighted by Crippen LogP contribution is -2.44. The predicted molar refractivity (Wildman–Crippen MR) is 107 cm³/mol. The topological polar surface area (TPSA) is 54.0 Å². The lowest BCUT2D eigenvalue weighted by atomic mass is 9.71. The van der Waals surface area contributed by atoms with Crippen molar-refractivity contribution in [3.63, 3.8) is 0 Å². The summed E-state index contributed by atoms with van der Waals surface area (Å²) in [5.74, 6) is 2.30. The van der Waals surface area contributed by atoms with Crippen LogP contribution in [0.3, 0.4) is 0 Å². The van der Waals surface area contributed by atoms with E-state index in [1.165, 1.54) is 5.57 Å². The number of hydrogen-bond acceptors (Lipinski definition) is 5. The minimum Gasteiger partial charge on any atom is -0.493 e. The number of ketones is 1.